The van der Waals surface area contributed by atoms with Gasteiger partial charge in [-0.1, -0.05) is 42.5 Å². The van der Waals surface area contributed by atoms with E-state index in [2.05, 4.69) is 10.3 Å². The second-order valence-electron chi connectivity index (χ2n) is 5.44. The molecule has 0 unspecified atom stereocenters. The molecule has 0 saturated carbocycles. The first-order valence-corrected chi connectivity index (χ1v) is 7.75. The molecule has 0 spiro atoms. The summed E-state index contributed by atoms with van der Waals surface area (Å²) in [4.78, 5) is 28.3. The van der Waals surface area contributed by atoms with Crippen molar-refractivity contribution < 1.29 is 14.7 Å². The van der Waals surface area contributed by atoms with Crippen LogP contribution in [0.1, 0.15) is 26.3 Å². The van der Waals surface area contributed by atoms with Crippen LogP contribution in [0.15, 0.2) is 73.1 Å². The Labute approximate surface area is 145 Å². The van der Waals surface area contributed by atoms with Crippen molar-refractivity contribution in [3.8, 4) is 11.1 Å². The maximum absolute atomic E-state index is 12.5. The standard InChI is InChI=1S/C20H16N2O3/c23-19(22-13-14-9-11-21-12-10-14)17-8-4-7-16(18(17)20(24)25)15-5-2-1-3-6-15/h1-12H,13H2,(H,22,23)(H,24,25). The SMILES string of the molecule is O=C(NCc1ccncc1)c1cccc(-c2ccccc2)c1C(=O)O. The molecule has 0 aliphatic rings. The molecule has 25 heavy (non-hydrogen) atoms. The number of benzene rings is 2. The third-order valence-corrected chi connectivity index (χ3v) is 3.81. The first kappa shape index (κ1) is 16.4. The molecule has 5 nitrogen and oxygen atoms in total. The van der Waals surface area contributed by atoms with E-state index in [0.717, 1.165) is 11.1 Å². The Hall–Kier alpha value is -3.47. The van der Waals surface area contributed by atoms with E-state index in [1.807, 2.05) is 30.3 Å². The predicted molar refractivity (Wildman–Crippen MR) is 94.2 cm³/mol. The van der Waals surface area contributed by atoms with Crippen molar-refractivity contribution in [1.29, 1.82) is 0 Å². The molecule has 0 atom stereocenters. The van der Waals surface area contributed by atoms with Crippen LogP contribution in [0.5, 0.6) is 0 Å². The first-order chi connectivity index (χ1) is 12.2. The first-order valence-electron chi connectivity index (χ1n) is 7.75. The van der Waals surface area contributed by atoms with Crippen LogP contribution >= 0.6 is 0 Å². The molecule has 0 saturated heterocycles. The second-order valence-corrected chi connectivity index (χ2v) is 5.44. The zero-order chi connectivity index (χ0) is 17.6. The lowest BCUT2D eigenvalue weighted by Gasteiger charge is -2.12. The number of amides is 1. The molecule has 1 aromatic heterocycles. The van der Waals surface area contributed by atoms with Crippen molar-refractivity contribution in [2.24, 2.45) is 0 Å². The van der Waals surface area contributed by atoms with Crippen LogP contribution in [-0.2, 0) is 6.54 Å². The van der Waals surface area contributed by atoms with E-state index in [4.69, 9.17) is 0 Å². The number of carbonyl (C=O) groups is 2. The molecule has 0 bridgehead atoms. The Morgan fingerprint density at radius 1 is 0.920 bits per heavy atom. The van der Waals surface area contributed by atoms with Crippen LogP contribution < -0.4 is 5.32 Å². The molecule has 124 valence electrons. The molecule has 0 aliphatic carbocycles. The number of carboxylic acid groups (broad SMARTS) is 1. The lowest BCUT2D eigenvalue weighted by Crippen LogP contribution is -2.25. The van der Waals surface area contributed by atoms with Crippen molar-refractivity contribution in [1.82, 2.24) is 10.3 Å². The maximum atomic E-state index is 12.5. The summed E-state index contributed by atoms with van der Waals surface area (Å²) in [6, 6.07) is 17.7. The fourth-order valence-electron chi connectivity index (χ4n) is 2.61. The highest BCUT2D eigenvalue weighted by Crippen LogP contribution is 2.26. The van der Waals surface area contributed by atoms with Gasteiger partial charge in [0, 0.05) is 18.9 Å². The molecule has 1 heterocycles. The summed E-state index contributed by atoms with van der Waals surface area (Å²) >= 11 is 0. The Morgan fingerprint density at radius 3 is 2.32 bits per heavy atom. The highest BCUT2D eigenvalue weighted by atomic mass is 16.4. The number of carboxylic acids is 1. The van der Waals surface area contributed by atoms with E-state index >= 15 is 0 Å². The summed E-state index contributed by atoms with van der Waals surface area (Å²) in [5.74, 6) is -1.56. The number of aromatic nitrogens is 1. The zero-order valence-electron chi connectivity index (χ0n) is 13.3. The summed E-state index contributed by atoms with van der Waals surface area (Å²) in [6.07, 6.45) is 3.28. The highest BCUT2D eigenvalue weighted by Gasteiger charge is 2.20. The van der Waals surface area contributed by atoms with Crippen molar-refractivity contribution in [2.75, 3.05) is 0 Å². The summed E-state index contributed by atoms with van der Waals surface area (Å²) in [6.45, 7) is 0.302. The Kier molecular flexibility index (Phi) is 4.85. The number of nitrogens with zero attached hydrogens (tertiary/aromatic N) is 1. The number of aromatic carboxylic acids is 1. The molecule has 0 radical (unpaired) electrons. The van der Waals surface area contributed by atoms with Crippen LogP contribution in [0.2, 0.25) is 0 Å². The average Bonchev–Trinajstić information content (AvgIpc) is 2.67. The molecule has 3 aromatic rings. The lowest BCUT2D eigenvalue weighted by molar-refractivity contribution is 0.0692. The molecule has 2 N–H and O–H groups in total. The number of carbonyl (C=O) groups excluding carboxylic acids is 1. The molecule has 2 aromatic carbocycles. The minimum atomic E-state index is -1.13. The van der Waals surface area contributed by atoms with Gasteiger partial charge in [0.1, 0.15) is 0 Å². The molecular weight excluding hydrogens is 316 g/mol. The van der Waals surface area contributed by atoms with Crippen LogP contribution in [0, 0.1) is 0 Å². The maximum Gasteiger partial charge on any atom is 0.337 e. The molecule has 3 rings (SSSR count). The number of hydrogen-bond acceptors (Lipinski definition) is 3. The predicted octanol–water partition coefficient (Wildman–Crippen LogP) is 3.38. The quantitative estimate of drug-likeness (QED) is 0.751. The van der Waals surface area contributed by atoms with Crippen molar-refractivity contribution in [3.05, 3.63) is 89.7 Å². The molecule has 1 amide bonds. The summed E-state index contributed by atoms with van der Waals surface area (Å²) < 4.78 is 0. The van der Waals surface area contributed by atoms with Crippen LogP contribution in [0.4, 0.5) is 0 Å². The van der Waals surface area contributed by atoms with E-state index in [1.165, 1.54) is 6.07 Å². The summed E-state index contributed by atoms with van der Waals surface area (Å²) in [5, 5.41) is 12.4. The van der Waals surface area contributed by atoms with Gasteiger partial charge < -0.3 is 10.4 Å². The second kappa shape index (κ2) is 7.40. The number of hydrogen-bond donors (Lipinski definition) is 2. The summed E-state index contributed by atoms with van der Waals surface area (Å²) in [7, 11) is 0. The Morgan fingerprint density at radius 2 is 1.64 bits per heavy atom. The van der Waals surface area contributed by atoms with Gasteiger partial charge in [-0.15, -0.1) is 0 Å². The number of nitrogens with one attached hydrogen (secondary N) is 1. The number of pyridine rings is 1. The average molecular weight is 332 g/mol. The van der Waals surface area contributed by atoms with Gasteiger partial charge in [-0.25, -0.2) is 4.79 Å². The normalized spacial score (nSPS) is 10.2. The smallest absolute Gasteiger partial charge is 0.337 e. The van der Waals surface area contributed by atoms with E-state index in [9.17, 15) is 14.7 Å². The highest BCUT2D eigenvalue weighted by molar-refractivity contribution is 6.08. The minimum absolute atomic E-state index is 0.000860. The van der Waals surface area contributed by atoms with Gasteiger partial charge in [0.25, 0.3) is 5.91 Å². The van der Waals surface area contributed by atoms with Crippen LogP contribution in [0.3, 0.4) is 0 Å². The molecule has 5 heteroatoms. The van der Waals surface area contributed by atoms with Gasteiger partial charge in [0.2, 0.25) is 0 Å². The van der Waals surface area contributed by atoms with Crippen molar-refractivity contribution in [2.45, 2.75) is 6.54 Å². The van der Waals surface area contributed by atoms with Crippen molar-refractivity contribution >= 4 is 11.9 Å². The van der Waals surface area contributed by atoms with Crippen LogP contribution in [-0.4, -0.2) is 22.0 Å². The topological polar surface area (TPSA) is 79.3 Å². The van der Waals surface area contributed by atoms with Gasteiger partial charge in [0.15, 0.2) is 0 Å². The fraction of sp³-hybridized carbons (Fsp3) is 0.0500. The molecule has 0 fully saturated rings. The van der Waals surface area contributed by atoms with E-state index < -0.39 is 11.9 Å². The van der Waals surface area contributed by atoms with Crippen LogP contribution in [0.25, 0.3) is 11.1 Å². The third-order valence-electron chi connectivity index (χ3n) is 3.81. The zero-order valence-corrected chi connectivity index (χ0v) is 13.3. The largest absolute Gasteiger partial charge is 0.478 e. The Balaban J connectivity index is 1.93. The van der Waals surface area contributed by atoms with Gasteiger partial charge in [-0.3, -0.25) is 9.78 Å². The van der Waals surface area contributed by atoms with Gasteiger partial charge in [-0.05, 0) is 34.9 Å². The van der Waals surface area contributed by atoms with Gasteiger partial charge in [-0.2, -0.15) is 0 Å². The monoisotopic (exact) mass is 332 g/mol. The van der Waals surface area contributed by atoms with Gasteiger partial charge >= 0.3 is 5.97 Å². The third kappa shape index (κ3) is 3.72. The van der Waals surface area contributed by atoms with E-state index in [0.29, 0.717) is 12.1 Å². The van der Waals surface area contributed by atoms with E-state index in [-0.39, 0.29) is 11.1 Å². The molecule has 0 aliphatic heterocycles. The molecular formula is C20H16N2O3. The lowest BCUT2D eigenvalue weighted by atomic mass is 9.95. The van der Waals surface area contributed by atoms with E-state index in [1.54, 1.807) is 36.7 Å². The van der Waals surface area contributed by atoms with Gasteiger partial charge in [0.05, 0.1) is 11.1 Å². The number of rotatable bonds is 5. The fourth-order valence-corrected chi connectivity index (χ4v) is 2.61. The minimum Gasteiger partial charge on any atom is -0.478 e. The summed E-state index contributed by atoms with van der Waals surface area (Å²) in [5.41, 5.74) is 2.30. The Bertz CT molecular complexity index is 893. The van der Waals surface area contributed by atoms with Crippen molar-refractivity contribution in [3.63, 3.8) is 0 Å².